The number of amides is 1. The Morgan fingerprint density at radius 1 is 1.19 bits per heavy atom. The summed E-state index contributed by atoms with van der Waals surface area (Å²) in [7, 11) is -0.452. The van der Waals surface area contributed by atoms with E-state index in [1.807, 2.05) is 19.2 Å². The third-order valence-electron chi connectivity index (χ3n) is 6.37. The molecule has 1 aliphatic heterocycles. The summed E-state index contributed by atoms with van der Waals surface area (Å²) in [6.07, 6.45) is 3.14. The van der Waals surface area contributed by atoms with Gasteiger partial charge in [0, 0.05) is 20.1 Å². The van der Waals surface area contributed by atoms with Gasteiger partial charge in [0.15, 0.2) is 0 Å². The van der Waals surface area contributed by atoms with Crippen molar-refractivity contribution in [3.8, 4) is 5.75 Å². The molecule has 2 aromatic rings. The number of rotatable bonds is 6. The van der Waals surface area contributed by atoms with Crippen molar-refractivity contribution in [3.63, 3.8) is 0 Å². The molecule has 0 unspecified atom stereocenters. The zero-order chi connectivity index (χ0) is 22.7. The first kappa shape index (κ1) is 22.8. The van der Waals surface area contributed by atoms with Crippen LogP contribution < -0.4 is 4.74 Å². The lowest BCUT2D eigenvalue weighted by Crippen LogP contribution is -2.40. The molecule has 2 aliphatic rings. The first-order valence-electron chi connectivity index (χ1n) is 11.0. The highest BCUT2D eigenvalue weighted by Crippen LogP contribution is 2.34. The molecule has 1 aliphatic carbocycles. The summed E-state index contributed by atoms with van der Waals surface area (Å²) in [5.74, 6) is 0.244. The Hall–Kier alpha value is -2.42. The van der Waals surface area contributed by atoms with E-state index in [0.29, 0.717) is 31.9 Å². The third-order valence-corrected chi connectivity index (χ3v) is 8.29. The van der Waals surface area contributed by atoms with E-state index < -0.39 is 10.0 Å². The highest BCUT2D eigenvalue weighted by molar-refractivity contribution is 7.89. The topological polar surface area (TPSA) is 76.2 Å². The lowest BCUT2D eigenvalue weighted by atomic mass is 9.87. The number of likely N-dealkylation sites (N-methyl/N-ethyl adjacent to an activating group) is 1. The number of methoxy groups -OCH3 is 1. The number of aryl methyl sites for hydroxylation is 1. The van der Waals surface area contributed by atoms with E-state index in [4.69, 9.17) is 9.47 Å². The summed E-state index contributed by atoms with van der Waals surface area (Å²) >= 11 is 0. The second-order valence-electron chi connectivity index (χ2n) is 8.29. The molecule has 1 fully saturated rings. The maximum atomic E-state index is 13.2. The van der Waals surface area contributed by atoms with Crippen molar-refractivity contribution in [1.29, 1.82) is 0 Å². The number of hydrogen-bond donors (Lipinski definition) is 0. The van der Waals surface area contributed by atoms with Gasteiger partial charge in [0.05, 0.1) is 32.8 Å². The number of carbonyl (C=O) groups excluding carboxylic acids is 1. The largest absolute Gasteiger partial charge is 0.495 e. The summed E-state index contributed by atoms with van der Waals surface area (Å²) < 4.78 is 38.5. The average molecular weight is 459 g/mol. The van der Waals surface area contributed by atoms with E-state index in [1.165, 1.54) is 22.5 Å². The maximum Gasteiger partial charge on any atom is 0.246 e. The molecule has 1 heterocycles. The summed E-state index contributed by atoms with van der Waals surface area (Å²) in [5, 5.41) is 0. The van der Waals surface area contributed by atoms with Crippen molar-refractivity contribution in [2.24, 2.45) is 0 Å². The van der Waals surface area contributed by atoms with E-state index >= 15 is 0 Å². The van der Waals surface area contributed by atoms with Crippen LogP contribution in [0.5, 0.6) is 5.75 Å². The highest BCUT2D eigenvalue weighted by atomic mass is 32.2. The van der Waals surface area contributed by atoms with Gasteiger partial charge in [-0.25, -0.2) is 8.42 Å². The minimum atomic E-state index is -3.74. The maximum absolute atomic E-state index is 13.2. The average Bonchev–Trinajstić information content (AvgIpc) is 2.83. The number of sulfonamides is 1. The monoisotopic (exact) mass is 458 g/mol. The van der Waals surface area contributed by atoms with Gasteiger partial charge >= 0.3 is 0 Å². The first-order valence-corrected chi connectivity index (χ1v) is 12.4. The molecule has 1 atom stereocenters. The molecule has 0 saturated carbocycles. The van der Waals surface area contributed by atoms with Gasteiger partial charge in [-0.15, -0.1) is 0 Å². The summed E-state index contributed by atoms with van der Waals surface area (Å²) in [4.78, 5) is 15.1. The van der Waals surface area contributed by atoms with Gasteiger partial charge in [-0.05, 0) is 48.1 Å². The van der Waals surface area contributed by atoms with Gasteiger partial charge in [-0.2, -0.15) is 4.31 Å². The van der Waals surface area contributed by atoms with Crippen LogP contribution in [0.3, 0.4) is 0 Å². The normalized spacial score (nSPS) is 19.2. The zero-order valence-corrected chi connectivity index (χ0v) is 19.4. The number of benzene rings is 2. The van der Waals surface area contributed by atoms with E-state index in [9.17, 15) is 13.2 Å². The van der Waals surface area contributed by atoms with Gasteiger partial charge in [0.1, 0.15) is 10.6 Å². The van der Waals surface area contributed by atoms with Crippen LogP contribution in [0.1, 0.15) is 35.6 Å². The smallest absolute Gasteiger partial charge is 0.246 e. The van der Waals surface area contributed by atoms with E-state index in [2.05, 4.69) is 12.1 Å². The van der Waals surface area contributed by atoms with Gasteiger partial charge in [-0.3, -0.25) is 4.79 Å². The van der Waals surface area contributed by atoms with E-state index in [0.717, 1.165) is 19.3 Å². The lowest BCUT2D eigenvalue weighted by molar-refractivity contribution is -0.131. The summed E-state index contributed by atoms with van der Waals surface area (Å²) in [6, 6.07) is 13.3. The minimum Gasteiger partial charge on any atom is -0.495 e. The Morgan fingerprint density at radius 2 is 1.94 bits per heavy atom. The molecule has 0 spiro atoms. The molecule has 172 valence electrons. The van der Waals surface area contributed by atoms with Gasteiger partial charge in [0.2, 0.25) is 15.9 Å². The molecule has 8 heteroatoms. The number of fused-ring (bicyclic) bond motifs is 1. The molecular weight excluding hydrogens is 428 g/mol. The first-order chi connectivity index (χ1) is 15.4. The van der Waals surface area contributed by atoms with Crippen molar-refractivity contribution < 1.29 is 22.7 Å². The van der Waals surface area contributed by atoms with Crippen LogP contribution in [0.4, 0.5) is 0 Å². The standard InChI is InChI=1S/C24H30N2O5S/c1-25(21-9-5-7-19-6-3-4-8-20(19)21)24(27)17-18-10-11-22(30-2)23(16-18)32(28,29)26-12-14-31-15-13-26/h3-4,6,8,10-11,16,21H,5,7,9,12-15,17H2,1-2H3/t21-/m0/s1. The summed E-state index contributed by atoms with van der Waals surface area (Å²) in [6.45, 7) is 1.34. The molecule has 7 nitrogen and oxygen atoms in total. The Kier molecular flexibility index (Phi) is 6.83. The van der Waals surface area contributed by atoms with E-state index in [-0.39, 0.29) is 29.0 Å². The van der Waals surface area contributed by atoms with Crippen LogP contribution >= 0.6 is 0 Å². The van der Waals surface area contributed by atoms with Crippen molar-refractivity contribution in [3.05, 3.63) is 59.2 Å². The Balaban J connectivity index is 1.56. The fraction of sp³-hybridized carbons (Fsp3) is 0.458. The van der Waals surface area contributed by atoms with Gasteiger partial charge in [-0.1, -0.05) is 30.3 Å². The molecule has 1 amide bonds. The second-order valence-corrected chi connectivity index (χ2v) is 10.2. The Labute approximate surface area is 190 Å². The predicted molar refractivity (Wildman–Crippen MR) is 121 cm³/mol. The van der Waals surface area contributed by atoms with E-state index in [1.54, 1.807) is 23.1 Å². The van der Waals surface area contributed by atoms with Gasteiger partial charge in [0.25, 0.3) is 0 Å². The Bertz CT molecular complexity index is 1080. The van der Waals surface area contributed by atoms with Crippen molar-refractivity contribution in [2.75, 3.05) is 40.5 Å². The van der Waals surface area contributed by atoms with Crippen molar-refractivity contribution >= 4 is 15.9 Å². The number of morpholine rings is 1. The zero-order valence-electron chi connectivity index (χ0n) is 18.6. The third kappa shape index (κ3) is 4.53. The highest BCUT2D eigenvalue weighted by Gasteiger charge is 2.30. The summed E-state index contributed by atoms with van der Waals surface area (Å²) in [5.41, 5.74) is 3.16. The molecule has 0 radical (unpaired) electrons. The van der Waals surface area contributed by atoms with Crippen LogP contribution in [0.25, 0.3) is 0 Å². The number of hydrogen-bond acceptors (Lipinski definition) is 5. The molecule has 0 N–H and O–H groups in total. The fourth-order valence-electron chi connectivity index (χ4n) is 4.56. The van der Waals surface area contributed by atoms with Crippen LogP contribution in [-0.2, 0) is 32.4 Å². The van der Waals surface area contributed by atoms with Gasteiger partial charge < -0.3 is 14.4 Å². The quantitative estimate of drug-likeness (QED) is 0.665. The molecular formula is C24H30N2O5S. The number of ether oxygens (including phenoxy) is 2. The molecule has 4 rings (SSSR count). The van der Waals surface area contributed by atoms with Crippen LogP contribution in [-0.4, -0.2) is 64.0 Å². The molecule has 1 saturated heterocycles. The number of nitrogens with zero attached hydrogens (tertiary/aromatic N) is 2. The molecule has 2 aromatic carbocycles. The Morgan fingerprint density at radius 3 is 2.69 bits per heavy atom. The number of carbonyl (C=O) groups is 1. The van der Waals surface area contributed by atoms with Crippen molar-refractivity contribution in [1.82, 2.24) is 9.21 Å². The lowest BCUT2D eigenvalue weighted by Gasteiger charge is -2.33. The second kappa shape index (κ2) is 9.60. The predicted octanol–water partition coefficient (Wildman–Crippen LogP) is 2.79. The van der Waals surface area contributed by atoms with Crippen LogP contribution in [0, 0.1) is 0 Å². The minimum absolute atomic E-state index is 0.0356. The SMILES string of the molecule is COc1ccc(CC(=O)N(C)[C@H]2CCCc3ccccc32)cc1S(=O)(=O)N1CCOCC1. The molecule has 0 aromatic heterocycles. The van der Waals surface area contributed by atoms with Crippen LogP contribution in [0.15, 0.2) is 47.4 Å². The molecule has 0 bridgehead atoms. The van der Waals surface area contributed by atoms with Crippen molar-refractivity contribution in [2.45, 2.75) is 36.6 Å². The molecule has 32 heavy (non-hydrogen) atoms. The van der Waals surface area contributed by atoms with Crippen LogP contribution in [0.2, 0.25) is 0 Å². The fourth-order valence-corrected chi connectivity index (χ4v) is 6.18.